The van der Waals surface area contributed by atoms with Crippen molar-refractivity contribution in [1.29, 1.82) is 0 Å². The highest BCUT2D eigenvalue weighted by Gasteiger charge is 2.44. The summed E-state index contributed by atoms with van der Waals surface area (Å²) in [5.74, 6) is 1.88. The van der Waals surface area contributed by atoms with Gasteiger partial charge in [0.2, 0.25) is 0 Å². The van der Waals surface area contributed by atoms with Gasteiger partial charge in [0.25, 0.3) is 0 Å². The first-order valence-corrected chi connectivity index (χ1v) is 14.0. The Hall–Kier alpha value is -3.26. The van der Waals surface area contributed by atoms with Gasteiger partial charge in [0.1, 0.15) is 23.4 Å². The highest BCUT2D eigenvalue weighted by Crippen LogP contribution is 2.45. The summed E-state index contributed by atoms with van der Waals surface area (Å²) in [6.45, 7) is 7.59. The van der Waals surface area contributed by atoms with E-state index in [1.54, 1.807) is 0 Å². The van der Waals surface area contributed by atoms with Gasteiger partial charge in [0.15, 0.2) is 0 Å². The van der Waals surface area contributed by atoms with Crippen LogP contribution in [0.1, 0.15) is 42.6 Å². The number of urea groups is 1. The zero-order valence-electron chi connectivity index (χ0n) is 22.1. The first-order valence-electron chi connectivity index (χ1n) is 13.3. The molecule has 1 saturated heterocycles. The monoisotopic (exact) mass is 566 g/mol. The SMILES string of the molecule is CCOc1ccc(C2=NC(c3ccc(Cl)cc3)C(c3ccc(Cl)cc3)N2C(=O)N2CCNCC2)c(OCC)c1. The average molecular weight is 568 g/mol. The molecular weight excluding hydrogens is 535 g/mol. The van der Waals surface area contributed by atoms with Crippen molar-refractivity contribution in [1.82, 2.24) is 15.1 Å². The number of piperazine rings is 1. The van der Waals surface area contributed by atoms with Crippen molar-refractivity contribution < 1.29 is 14.3 Å². The molecule has 5 rings (SSSR count). The summed E-state index contributed by atoms with van der Waals surface area (Å²) < 4.78 is 11.8. The molecule has 39 heavy (non-hydrogen) atoms. The van der Waals surface area contributed by atoms with Gasteiger partial charge in [-0.25, -0.2) is 4.79 Å². The molecule has 0 radical (unpaired) electrons. The predicted molar refractivity (Wildman–Crippen MR) is 155 cm³/mol. The number of ether oxygens (including phenoxy) is 2. The Morgan fingerprint density at radius 2 is 1.51 bits per heavy atom. The molecule has 7 nitrogen and oxygen atoms in total. The van der Waals surface area contributed by atoms with Gasteiger partial charge in [-0.3, -0.25) is 9.89 Å². The van der Waals surface area contributed by atoms with E-state index in [2.05, 4.69) is 5.32 Å². The van der Waals surface area contributed by atoms with Crippen LogP contribution in [0, 0.1) is 0 Å². The lowest BCUT2D eigenvalue weighted by Crippen LogP contribution is -2.53. The Morgan fingerprint density at radius 1 is 0.897 bits per heavy atom. The summed E-state index contributed by atoms with van der Waals surface area (Å²) in [5.41, 5.74) is 2.63. The number of amides is 2. The van der Waals surface area contributed by atoms with E-state index in [4.69, 9.17) is 37.7 Å². The Bertz CT molecular complexity index is 1330. The Kier molecular flexibility index (Phi) is 8.60. The second-order valence-corrected chi connectivity index (χ2v) is 10.2. The summed E-state index contributed by atoms with van der Waals surface area (Å²) in [6.07, 6.45) is 0. The predicted octanol–water partition coefficient (Wildman–Crippen LogP) is 6.36. The third-order valence-electron chi connectivity index (χ3n) is 6.89. The number of carbonyl (C=O) groups is 1. The number of hydrogen-bond donors (Lipinski definition) is 1. The summed E-state index contributed by atoms with van der Waals surface area (Å²) in [7, 11) is 0. The van der Waals surface area contributed by atoms with E-state index in [0.29, 0.717) is 53.7 Å². The fourth-order valence-electron chi connectivity index (χ4n) is 5.08. The van der Waals surface area contributed by atoms with Crippen molar-refractivity contribution in [2.24, 2.45) is 4.99 Å². The van der Waals surface area contributed by atoms with Crippen LogP contribution < -0.4 is 14.8 Å². The van der Waals surface area contributed by atoms with Crippen molar-refractivity contribution in [3.05, 3.63) is 93.5 Å². The summed E-state index contributed by atoms with van der Waals surface area (Å²) in [6, 6.07) is 20.1. The van der Waals surface area contributed by atoms with Crippen LogP contribution in [0.3, 0.4) is 0 Å². The normalized spacial score (nSPS) is 19.1. The van der Waals surface area contributed by atoms with Crippen molar-refractivity contribution >= 4 is 35.1 Å². The van der Waals surface area contributed by atoms with Crippen LogP contribution in [0.2, 0.25) is 10.0 Å². The number of nitrogens with one attached hydrogen (secondary N) is 1. The number of amidine groups is 1. The molecule has 0 aliphatic carbocycles. The molecule has 2 unspecified atom stereocenters. The highest BCUT2D eigenvalue weighted by molar-refractivity contribution is 6.30. The molecule has 0 bridgehead atoms. The molecule has 3 aromatic carbocycles. The fourth-order valence-corrected chi connectivity index (χ4v) is 5.33. The largest absolute Gasteiger partial charge is 0.494 e. The van der Waals surface area contributed by atoms with Gasteiger partial charge in [0, 0.05) is 42.3 Å². The number of nitrogens with zero attached hydrogens (tertiary/aromatic N) is 3. The summed E-state index contributed by atoms with van der Waals surface area (Å²) >= 11 is 12.5. The van der Waals surface area contributed by atoms with Crippen LogP contribution in [0.5, 0.6) is 11.5 Å². The van der Waals surface area contributed by atoms with E-state index < -0.39 is 6.04 Å². The quantitative estimate of drug-likeness (QED) is 0.361. The molecule has 1 N–H and O–H groups in total. The van der Waals surface area contributed by atoms with E-state index in [1.807, 2.05) is 90.4 Å². The van der Waals surface area contributed by atoms with Gasteiger partial charge >= 0.3 is 6.03 Å². The number of carbonyl (C=O) groups excluding carboxylic acids is 1. The Balaban J connectivity index is 1.69. The van der Waals surface area contributed by atoms with Gasteiger partial charge in [-0.2, -0.15) is 0 Å². The first kappa shape index (κ1) is 27.3. The van der Waals surface area contributed by atoms with Crippen molar-refractivity contribution in [3.63, 3.8) is 0 Å². The van der Waals surface area contributed by atoms with Crippen LogP contribution in [-0.4, -0.2) is 61.1 Å². The van der Waals surface area contributed by atoms with Crippen LogP contribution >= 0.6 is 23.2 Å². The van der Waals surface area contributed by atoms with Gasteiger partial charge in [0.05, 0.1) is 24.8 Å². The minimum absolute atomic E-state index is 0.0944. The molecule has 2 atom stereocenters. The minimum Gasteiger partial charge on any atom is -0.494 e. The van der Waals surface area contributed by atoms with Crippen LogP contribution in [0.25, 0.3) is 0 Å². The first-order chi connectivity index (χ1) is 19.0. The second kappa shape index (κ2) is 12.3. The van der Waals surface area contributed by atoms with Crippen molar-refractivity contribution in [2.75, 3.05) is 39.4 Å². The number of aliphatic imine (C=N–C) groups is 1. The molecule has 9 heteroatoms. The van der Waals surface area contributed by atoms with Crippen LogP contribution in [-0.2, 0) is 0 Å². The van der Waals surface area contributed by atoms with E-state index in [0.717, 1.165) is 29.8 Å². The van der Waals surface area contributed by atoms with Gasteiger partial charge in [-0.1, -0.05) is 47.5 Å². The maximum absolute atomic E-state index is 14.3. The zero-order valence-corrected chi connectivity index (χ0v) is 23.6. The standard InChI is InChI=1S/C30H32Cl2N4O3/c1-3-38-24-13-14-25(26(19-24)39-4-2)29-34-27(20-5-9-22(31)10-6-20)28(21-7-11-23(32)12-8-21)36(29)30(37)35-17-15-33-16-18-35/h5-14,19,27-28,33H,3-4,15-18H2,1-2H3. The summed E-state index contributed by atoms with van der Waals surface area (Å²) in [4.78, 5) is 23.3. The van der Waals surface area contributed by atoms with E-state index in [1.165, 1.54) is 0 Å². The lowest BCUT2D eigenvalue weighted by atomic mass is 9.93. The molecule has 0 spiro atoms. The lowest BCUT2D eigenvalue weighted by molar-refractivity contribution is 0.157. The number of hydrogen-bond acceptors (Lipinski definition) is 5. The molecule has 2 aliphatic heterocycles. The average Bonchev–Trinajstić information content (AvgIpc) is 3.35. The third-order valence-corrected chi connectivity index (χ3v) is 7.39. The molecule has 2 aliphatic rings. The molecule has 204 valence electrons. The smallest absolute Gasteiger partial charge is 0.326 e. The fraction of sp³-hybridized carbons (Fsp3) is 0.333. The molecule has 2 heterocycles. The maximum atomic E-state index is 14.3. The van der Waals surface area contributed by atoms with Crippen LogP contribution in [0.4, 0.5) is 4.79 Å². The molecule has 2 amide bonds. The Morgan fingerprint density at radius 3 is 2.13 bits per heavy atom. The molecule has 0 saturated carbocycles. The topological polar surface area (TPSA) is 66.4 Å². The Labute approximate surface area is 239 Å². The van der Waals surface area contributed by atoms with E-state index >= 15 is 0 Å². The third kappa shape index (κ3) is 5.86. The molecule has 0 aromatic heterocycles. The minimum atomic E-state index is -0.401. The number of rotatable bonds is 7. The highest BCUT2D eigenvalue weighted by atomic mass is 35.5. The van der Waals surface area contributed by atoms with Crippen molar-refractivity contribution in [3.8, 4) is 11.5 Å². The zero-order chi connectivity index (χ0) is 27.4. The molecule has 1 fully saturated rings. The maximum Gasteiger partial charge on any atom is 0.326 e. The van der Waals surface area contributed by atoms with Crippen molar-refractivity contribution in [2.45, 2.75) is 25.9 Å². The lowest BCUT2D eigenvalue weighted by Gasteiger charge is -2.36. The van der Waals surface area contributed by atoms with Crippen LogP contribution in [0.15, 0.2) is 71.7 Å². The molecular formula is C30H32Cl2N4O3. The van der Waals surface area contributed by atoms with Gasteiger partial charge in [-0.15, -0.1) is 0 Å². The van der Waals surface area contributed by atoms with Gasteiger partial charge < -0.3 is 19.7 Å². The molecule has 3 aromatic rings. The van der Waals surface area contributed by atoms with E-state index in [-0.39, 0.29) is 12.1 Å². The number of halogens is 2. The summed E-state index contributed by atoms with van der Waals surface area (Å²) in [5, 5.41) is 4.60. The van der Waals surface area contributed by atoms with Gasteiger partial charge in [-0.05, 0) is 61.4 Å². The number of benzene rings is 3. The second-order valence-electron chi connectivity index (χ2n) is 9.36. The van der Waals surface area contributed by atoms with E-state index in [9.17, 15) is 4.79 Å².